The number of hydrogen-bond donors (Lipinski definition) is 0. The van der Waals surface area contributed by atoms with Gasteiger partial charge in [0, 0.05) is 0 Å². The van der Waals surface area contributed by atoms with Crippen LogP contribution in [0.2, 0.25) is 0 Å². The molecule has 0 atom stereocenters. The number of rotatable bonds is 6. The second kappa shape index (κ2) is 5.36. The normalized spacial score (nSPS) is 11.2. The van der Waals surface area contributed by atoms with E-state index in [0.717, 1.165) is 0 Å². The Morgan fingerprint density at radius 1 is 1.33 bits per heavy atom. The molecule has 0 amide bonds. The van der Waals surface area contributed by atoms with Gasteiger partial charge in [0.25, 0.3) is 0 Å². The molecule has 0 saturated carbocycles. The Hall–Kier alpha value is -0.310. The van der Waals surface area contributed by atoms with Crippen LogP contribution >= 0.6 is 7.60 Å². The topological polar surface area (TPSA) is 44.8 Å². The molecule has 0 aromatic heterocycles. The Bertz CT molecular complexity index is 180. The van der Waals surface area contributed by atoms with E-state index >= 15 is 0 Å². The van der Waals surface area contributed by atoms with E-state index in [9.17, 15) is 4.57 Å². The second-order valence-corrected chi connectivity index (χ2v) is 3.94. The van der Waals surface area contributed by atoms with E-state index in [0.29, 0.717) is 13.2 Å². The summed E-state index contributed by atoms with van der Waals surface area (Å²) in [6, 6.07) is 0. The molecule has 0 aliphatic heterocycles. The fraction of sp³-hybridized carbons (Fsp3) is 0.714. The molecule has 4 nitrogen and oxygen atoms in total. The molecule has 12 heavy (non-hydrogen) atoms. The third-order valence-corrected chi connectivity index (χ3v) is 3.13. The van der Waals surface area contributed by atoms with E-state index in [2.05, 4.69) is 6.58 Å². The molecule has 0 aromatic rings. The molecular weight excluding hydrogens is 179 g/mol. The van der Waals surface area contributed by atoms with Gasteiger partial charge in [-0.3, -0.25) is 4.57 Å². The molecule has 0 heterocycles. The van der Waals surface area contributed by atoms with Gasteiger partial charge in [0.15, 0.2) is 0 Å². The lowest BCUT2D eigenvalue weighted by Crippen LogP contribution is -1.99. The van der Waals surface area contributed by atoms with Crippen molar-refractivity contribution in [2.45, 2.75) is 13.8 Å². The van der Waals surface area contributed by atoms with Gasteiger partial charge in [0.2, 0.25) is 5.50 Å². The number of hydrogen-bond acceptors (Lipinski definition) is 4. The zero-order valence-corrected chi connectivity index (χ0v) is 8.60. The van der Waals surface area contributed by atoms with Crippen molar-refractivity contribution < 1.29 is 18.3 Å². The lowest BCUT2D eigenvalue weighted by atomic mass is 10.9. The second-order valence-electron chi connectivity index (χ2n) is 1.93. The van der Waals surface area contributed by atoms with Crippen LogP contribution in [0.3, 0.4) is 0 Å². The summed E-state index contributed by atoms with van der Waals surface area (Å²) in [5, 5.41) is 0. The van der Waals surface area contributed by atoms with Crippen molar-refractivity contribution >= 4 is 7.60 Å². The quantitative estimate of drug-likeness (QED) is 0.481. The van der Waals surface area contributed by atoms with E-state index in [4.69, 9.17) is 13.8 Å². The first kappa shape index (κ1) is 11.7. The van der Waals surface area contributed by atoms with Crippen LogP contribution in [0.5, 0.6) is 0 Å². The first-order chi connectivity index (χ1) is 5.60. The number of methoxy groups -OCH3 is 1. The predicted octanol–water partition coefficient (Wildman–Crippen LogP) is 2.37. The highest BCUT2D eigenvalue weighted by Gasteiger charge is 2.28. The molecule has 0 radical (unpaired) electrons. The minimum Gasteiger partial charge on any atom is -0.490 e. The summed E-state index contributed by atoms with van der Waals surface area (Å²) in [5.41, 5.74) is 0.0474. The summed E-state index contributed by atoms with van der Waals surface area (Å²) >= 11 is 0. The van der Waals surface area contributed by atoms with Gasteiger partial charge >= 0.3 is 7.60 Å². The van der Waals surface area contributed by atoms with E-state index in [1.165, 1.54) is 7.11 Å². The van der Waals surface area contributed by atoms with Crippen LogP contribution in [0.1, 0.15) is 13.8 Å². The first-order valence-corrected chi connectivity index (χ1v) is 5.27. The van der Waals surface area contributed by atoms with Crippen LogP contribution in [0.4, 0.5) is 0 Å². The Kier molecular flexibility index (Phi) is 5.22. The maximum Gasteiger partial charge on any atom is 0.394 e. The van der Waals surface area contributed by atoms with Crippen molar-refractivity contribution in [3.8, 4) is 0 Å². The van der Waals surface area contributed by atoms with Crippen molar-refractivity contribution in [3.63, 3.8) is 0 Å². The SMILES string of the molecule is C=C(OC)P(=O)(OCC)OCC. The molecule has 0 rings (SSSR count). The molecule has 0 unspecified atom stereocenters. The minimum absolute atomic E-state index is 0.0474. The van der Waals surface area contributed by atoms with Crippen molar-refractivity contribution in [2.75, 3.05) is 20.3 Å². The van der Waals surface area contributed by atoms with Crippen LogP contribution in [0.25, 0.3) is 0 Å². The minimum atomic E-state index is -3.23. The third-order valence-electron chi connectivity index (χ3n) is 1.14. The van der Waals surface area contributed by atoms with Crippen LogP contribution in [-0.2, 0) is 18.3 Å². The molecule has 0 aliphatic carbocycles. The maximum absolute atomic E-state index is 11.7. The smallest absolute Gasteiger partial charge is 0.394 e. The monoisotopic (exact) mass is 194 g/mol. The predicted molar refractivity (Wildman–Crippen MR) is 47.0 cm³/mol. The van der Waals surface area contributed by atoms with E-state index in [1.807, 2.05) is 0 Å². The maximum atomic E-state index is 11.7. The summed E-state index contributed by atoms with van der Waals surface area (Å²) in [5.74, 6) is 0. The average molecular weight is 194 g/mol. The fourth-order valence-electron chi connectivity index (χ4n) is 0.633. The van der Waals surface area contributed by atoms with Crippen molar-refractivity contribution in [3.05, 3.63) is 12.1 Å². The lowest BCUT2D eigenvalue weighted by molar-refractivity contribution is 0.200. The Morgan fingerprint density at radius 3 is 2.00 bits per heavy atom. The van der Waals surface area contributed by atoms with Crippen LogP contribution < -0.4 is 0 Å². The summed E-state index contributed by atoms with van der Waals surface area (Å²) < 4.78 is 26.3. The van der Waals surface area contributed by atoms with Gasteiger partial charge in [-0.25, -0.2) is 0 Å². The zero-order valence-electron chi connectivity index (χ0n) is 7.70. The van der Waals surface area contributed by atoms with Crippen LogP contribution in [0.15, 0.2) is 12.1 Å². The highest BCUT2D eigenvalue weighted by molar-refractivity contribution is 7.58. The summed E-state index contributed by atoms with van der Waals surface area (Å²) in [6.45, 7) is 7.52. The molecule has 0 bridgehead atoms. The van der Waals surface area contributed by atoms with Gasteiger partial charge in [-0.15, -0.1) is 0 Å². The summed E-state index contributed by atoms with van der Waals surface area (Å²) in [7, 11) is -1.85. The van der Waals surface area contributed by atoms with Gasteiger partial charge in [0.1, 0.15) is 0 Å². The Labute approximate surface area is 73.0 Å². The first-order valence-electron chi connectivity index (χ1n) is 3.73. The van der Waals surface area contributed by atoms with Gasteiger partial charge < -0.3 is 13.8 Å². The Balaban J connectivity index is 4.38. The molecular formula is C7H15O4P. The molecule has 0 N–H and O–H groups in total. The van der Waals surface area contributed by atoms with E-state index < -0.39 is 7.60 Å². The third kappa shape index (κ3) is 2.97. The fourth-order valence-corrected chi connectivity index (χ4v) is 1.90. The summed E-state index contributed by atoms with van der Waals surface area (Å²) in [4.78, 5) is 0. The van der Waals surface area contributed by atoms with Crippen LogP contribution in [0, 0.1) is 0 Å². The van der Waals surface area contributed by atoms with Crippen molar-refractivity contribution in [1.82, 2.24) is 0 Å². The van der Waals surface area contributed by atoms with Gasteiger partial charge in [0.05, 0.1) is 20.3 Å². The molecule has 0 spiro atoms. The Morgan fingerprint density at radius 2 is 1.75 bits per heavy atom. The van der Waals surface area contributed by atoms with Gasteiger partial charge in [-0.1, -0.05) is 0 Å². The standard InChI is InChI=1S/C7H15O4P/c1-5-10-12(8,11-6-2)7(3)9-4/h3,5-6H2,1-2,4H3. The van der Waals surface area contributed by atoms with Crippen LogP contribution in [-0.4, -0.2) is 20.3 Å². The highest BCUT2D eigenvalue weighted by Crippen LogP contribution is 2.55. The largest absolute Gasteiger partial charge is 0.490 e. The number of ether oxygens (including phenoxy) is 1. The highest BCUT2D eigenvalue weighted by atomic mass is 31.2. The van der Waals surface area contributed by atoms with E-state index in [-0.39, 0.29) is 5.50 Å². The van der Waals surface area contributed by atoms with Crippen molar-refractivity contribution in [2.24, 2.45) is 0 Å². The van der Waals surface area contributed by atoms with E-state index in [1.54, 1.807) is 13.8 Å². The zero-order chi connectivity index (χ0) is 9.61. The molecule has 0 aromatic carbocycles. The lowest BCUT2D eigenvalue weighted by Gasteiger charge is -2.17. The molecule has 0 fully saturated rings. The molecule has 0 aliphatic rings. The van der Waals surface area contributed by atoms with Crippen molar-refractivity contribution in [1.29, 1.82) is 0 Å². The average Bonchev–Trinajstić information content (AvgIpc) is 2.04. The van der Waals surface area contributed by atoms with Gasteiger partial charge in [-0.2, -0.15) is 0 Å². The van der Waals surface area contributed by atoms with Gasteiger partial charge in [-0.05, 0) is 20.4 Å². The summed E-state index contributed by atoms with van der Waals surface area (Å²) in [6.07, 6.45) is 0. The molecule has 72 valence electrons. The molecule has 0 saturated heterocycles. The molecule has 5 heteroatoms.